The minimum Gasteiger partial charge on any atom is -0.399 e. The lowest BCUT2D eigenvalue weighted by molar-refractivity contribution is -0.126. The van der Waals surface area contributed by atoms with Crippen molar-refractivity contribution in [2.75, 3.05) is 5.73 Å². The van der Waals surface area contributed by atoms with E-state index in [0.717, 1.165) is 17.7 Å². The number of amides is 1. The van der Waals surface area contributed by atoms with Gasteiger partial charge in [0.2, 0.25) is 5.91 Å². The number of benzene rings is 1. The average molecular weight is 232 g/mol. The van der Waals surface area contributed by atoms with Gasteiger partial charge in [-0.05, 0) is 36.5 Å². The molecule has 0 heterocycles. The molecule has 0 spiro atoms. The number of rotatable bonds is 3. The largest absolute Gasteiger partial charge is 0.399 e. The molecule has 1 aromatic carbocycles. The van der Waals surface area contributed by atoms with Crippen LogP contribution < -0.4 is 11.1 Å². The first kappa shape index (κ1) is 12.0. The molecular weight excluding hydrogens is 212 g/mol. The fourth-order valence-electron chi connectivity index (χ4n) is 2.56. The zero-order valence-electron chi connectivity index (χ0n) is 10.3. The highest BCUT2D eigenvalue weighted by molar-refractivity contribution is 5.79. The Labute approximate surface area is 102 Å². The third-order valence-corrected chi connectivity index (χ3v) is 3.62. The van der Waals surface area contributed by atoms with E-state index in [1.807, 2.05) is 24.3 Å². The molecule has 0 saturated heterocycles. The van der Waals surface area contributed by atoms with Gasteiger partial charge in [-0.25, -0.2) is 0 Å². The third-order valence-electron chi connectivity index (χ3n) is 3.62. The van der Waals surface area contributed by atoms with Gasteiger partial charge in [0.25, 0.3) is 0 Å². The second-order valence-electron chi connectivity index (χ2n) is 4.98. The Kier molecular flexibility index (Phi) is 3.67. The Balaban J connectivity index is 1.88. The first-order valence-electron chi connectivity index (χ1n) is 6.29. The van der Waals surface area contributed by atoms with Crippen LogP contribution in [0, 0.1) is 11.8 Å². The van der Waals surface area contributed by atoms with E-state index in [1.54, 1.807) is 0 Å². The summed E-state index contributed by atoms with van der Waals surface area (Å²) in [7, 11) is 0. The van der Waals surface area contributed by atoms with Crippen LogP contribution in [0.1, 0.15) is 31.7 Å². The van der Waals surface area contributed by atoms with Crippen molar-refractivity contribution in [2.45, 2.75) is 32.7 Å². The fourth-order valence-corrected chi connectivity index (χ4v) is 2.56. The van der Waals surface area contributed by atoms with E-state index >= 15 is 0 Å². The van der Waals surface area contributed by atoms with Gasteiger partial charge in [0.1, 0.15) is 0 Å². The SMILES string of the molecule is CC1CCCC1C(=O)NCc1cccc(N)c1. The molecule has 3 nitrogen and oxygen atoms in total. The minimum atomic E-state index is 0.192. The lowest BCUT2D eigenvalue weighted by Gasteiger charge is -2.15. The Bertz CT molecular complexity index is 403. The zero-order chi connectivity index (χ0) is 12.3. The summed E-state index contributed by atoms with van der Waals surface area (Å²) in [4.78, 5) is 12.0. The lowest BCUT2D eigenvalue weighted by atomic mass is 9.97. The summed E-state index contributed by atoms with van der Waals surface area (Å²) in [5.41, 5.74) is 7.50. The maximum Gasteiger partial charge on any atom is 0.223 e. The lowest BCUT2D eigenvalue weighted by Crippen LogP contribution is -2.31. The zero-order valence-corrected chi connectivity index (χ0v) is 10.3. The second-order valence-corrected chi connectivity index (χ2v) is 4.98. The Morgan fingerprint density at radius 3 is 2.94 bits per heavy atom. The molecule has 2 atom stereocenters. The highest BCUT2D eigenvalue weighted by Gasteiger charge is 2.29. The molecule has 3 N–H and O–H groups in total. The standard InChI is InChI=1S/C14H20N2O/c1-10-4-2-7-13(10)14(17)16-9-11-5-3-6-12(15)8-11/h3,5-6,8,10,13H,2,4,7,9,15H2,1H3,(H,16,17). The summed E-state index contributed by atoms with van der Waals surface area (Å²) in [6.07, 6.45) is 3.39. The highest BCUT2D eigenvalue weighted by atomic mass is 16.1. The van der Waals surface area contributed by atoms with Crippen LogP contribution in [0.4, 0.5) is 5.69 Å². The molecular formula is C14H20N2O. The molecule has 0 aliphatic heterocycles. The monoisotopic (exact) mass is 232 g/mol. The number of hydrogen-bond acceptors (Lipinski definition) is 2. The van der Waals surface area contributed by atoms with Crippen molar-refractivity contribution in [2.24, 2.45) is 11.8 Å². The smallest absolute Gasteiger partial charge is 0.223 e. The summed E-state index contributed by atoms with van der Waals surface area (Å²) < 4.78 is 0. The van der Waals surface area contributed by atoms with Gasteiger partial charge in [0.15, 0.2) is 0 Å². The summed E-state index contributed by atoms with van der Waals surface area (Å²) in [6, 6.07) is 7.65. The number of carbonyl (C=O) groups excluding carboxylic acids is 1. The molecule has 0 radical (unpaired) electrons. The predicted molar refractivity (Wildman–Crippen MR) is 69.2 cm³/mol. The summed E-state index contributed by atoms with van der Waals surface area (Å²) >= 11 is 0. The Morgan fingerprint density at radius 2 is 2.29 bits per heavy atom. The van der Waals surface area contributed by atoms with Gasteiger partial charge in [-0.15, -0.1) is 0 Å². The summed E-state index contributed by atoms with van der Waals surface area (Å²) in [5, 5.41) is 3.00. The highest BCUT2D eigenvalue weighted by Crippen LogP contribution is 2.31. The van der Waals surface area contributed by atoms with Gasteiger partial charge < -0.3 is 11.1 Å². The van der Waals surface area contributed by atoms with Crippen molar-refractivity contribution >= 4 is 11.6 Å². The van der Waals surface area contributed by atoms with Crippen molar-refractivity contribution in [3.63, 3.8) is 0 Å². The molecule has 1 aromatic rings. The third kappa shape index (κ3) is 2.99. The van der Waals surface area contributed by atoms with Crippen LogP contribution >= 0.6 is 0 Å². The molecule has 1 aliphatic rings. The number of nitrogens with one attached hydrogen (secondary N) is 1. The predicted octanol–water partition coefficient (Wildman–Crippen LogP) is 2.32. The van der Waals surface area contributed by atoms with Gasteiger partial charge in [-0.1, -0.05) is 25.5 Å². The van der Waals surface area contributed by atoms with Crippen molar-refractivity contribution in [1.29, 1.82) is 0 Å². The first-order valence-corrected chi connectivity index (χ1v) is 6.29. The average Bonchev–Trinajstić information content (AvgIpc) is 2.72. The van der Waals surface area contributed by atoms with E-state index < -0.39 is 0 Å². The topological polar surface area (TPSA) is 55.1 Å². The summed E-state index contributed by atoms with van der Waals surface area (Å²) in [5.74, 6) is 0.921. The number of hydrogen-bond donors (Lipinski definition) is 2. The number of nitrogen functional groups attached to an aromatic ring is 1. The van der Waals surface area contributed by atoms with Crippen molar-refractivity contribution < 1.29 is 4.79 Å². The number of nitrogens with two attached hydrogens (primary N) is 1. The van der Waals surface area contributed by atoms with Gasteiger partial charge in [-0.3, -0.25) is 4.79 Å². The van der Waals surface area contributed by atoms with Crippen LogP contribution in [-0.4, -0.2) is 5.91 Å². The van der Waals surface area contributed by atoms with Crippen LogP contribution in [0.15, 0.2) is 24.3 Å². The van der Waals surface area contributed by atoms with E-state index in [4.69, 9.17) is 5.73 Å². The molecule has 0 aromatic heterocycles. The molecule has 92 valence electrons. The van der Waals surface area contributed by atoms with Crippen LogP contribution in [0.25, 0.3) is 0 Å². The maximum atomic E-state index is 12.0. The maximum absolute atomic E-state index is 12.0. The molecule has 1 amide bonds. The molecule has 1 saturated carbocycles. The first-order chi connectivity index (χ1) is 8.16. The van der Waals surface area contributed by atoms with E-state index in [2.05, 4.69) is 12.2 Å². The molecule has 17 heavy (non-hydrogen) atoms. The molecule has 0 bridgehead atoms. The van der Waals surface area contributed by atoms with Crippen molar-refractivity contribution in [3.8, 4) is 0 Å². The van der Waals surface area contributed by atoms with E-state index in [9.17, 15) is 4.79 Å². The van der Waals surface area contributed by atoms with Crippen LogP contribution in [0.3, 0.4) is 0 Å². The van der Waals surface area contributed by atoms with Crippen molar-refractivity contribution in [3.05, 3.63) is 29.8 Å². The van der Waals surface area contributed by atoms with E-state index in [1.165, 1.54) is 12.8 Å². The normalized spacial score (nSPS) is 23.6. The molecule has 1 aliphatic carbocycles. The quantitative estimate of drug-likeness (QED) is 0.786. The number of anilines is 1. The van der Waals surface area contributed by atoms with Gasteiger partial charge in [0, 0.05) is 18.2 Å². The summed E-state index contributed by atoms with van der Waals surface area (Å²) in [6.45, 7) is 2.74. The fraction of sp³-hybridized carbons (Fsp3) is 0.500. The van der Waals surface area contributed by atoms with E-state index in [-0.39, 0.29) is 11.8 Å². The Hall–Kier alpha value is -1.51. The van der Waals surface area contributed by atoms with Gasteiger partial charge in [-0.2, -0.15) is 0 Å². The molecule has 1 fully saturated rings. The van der Waals surface area contributed by atoms with Crippen LogP contribution in [-0.2, 0) is 11.3 Å². The molecule has 3 heteroatoms. The van der Waals surface area contributed by atoms with E-state index in [0.29, 0.717) is 12.5 Å². The Morgan fingerprint density at radius 1 is 1.47 bits per heavy atom. The second kappa shape index (κ2) is 5.21. The van der Waals surface area contributed by atoms with Crippen LogP contribution in [0.2, 0.25) is 0 Å². The van der Waals surface area contributed by atoms with Gasteiger partial charge in [0.05, 0.1) is 0 Å². The minimum absolute atomic E-state index is 0.192. The van der Waals surface area contributed by atoms with Crippen LogP contribution in [0.5, 0.6) is 0 Å². The molecule has 2 rings (SSSR count). The number of carbonyl (C=O) groups is 1. The van der Waals surface area contributed by atoms with Gasteiger partial charge >= 0.3 is 0 Å². The molecule has 2 unspecified atom stereocenters. The van der Waals surface area contributed by atoms with Crippen molar-refractivity contribution in [1.82, 2.24) is 5.32 Å².